The lowest BCUT2D eigenvalue weighted by Gasteiger charge is -2.32. The lowest BCUT2D eigenvalue weighted by atomic mass is 9.86. The molecule has 0 fully saturated rings. The van der Waals surface area contributed by atoms with Crippen molar-refractivity contribution in [2.75, 3.05) is 13.2 Å². The van der Waals surface area contributed by atoms with Gasteiger partial charge in [-0.05, 0) is 24.6 Å². The van der Waals surface area contributed by atoms with Gasteiger partial charge in [-0.25, -0.2) is 9.78 Å². The molecule has 2 aromatic heterocycles. The maximum absolute atomic E-state index is 13.5. The molecule has 0 bridgehead atoms. The average molecular weight is 453 g/mol. The largest absolute Gasteiger partial charge is 0.458 e. The second kappa shape index (κ2) is 7.44. The van der Waals surface area contributed by atoms with Crippen molar-refractivity contribution in [1.82, 2.24) is 9.55 Å². The van der Waals surface area contributed by atoms with E-state index in [0.29, 0.717) is 22.5 Å². The highest BCUT2D eigenvalue weighted by atomic mass is 16.6. The zero-order valence-electron chi connectivity index (χ0n) is 17.5. The normalized spacial score (nSPS) is 20.8. The fourth-order valence-electron chi connectivity index (χ4n) is 4.50. The molecule has 4 heterocycles. The third kappa shape index (κ3) is 2.90. The molecule has 33 heavy (non-hydrogen) atoms. The molecule has 1 aromatic carbocycles. The molecule has 11 nitrogen and oxygen atoms in total. The summed E-state index contributed by atoms with van der Waals surface area (Å²) >= 11 is 0. The summed E-state index contributed by atoms with van der Waals surface area (Å²) < 4.78 is 12.1. The number of pyridine rings is 2. The second-order valence-corrected chi connectivity index (χ2v) is 7.86. The van der Waals surface area contributed by atoms with Crippen molar-refractivity contribution in [3.05, 3.63) is 67.5 Å². The summed E-state index contributed by atoms with van der Waals surface area (Å²) in [7, 11) is 0. The van der Waals surface area contributed by atoms with Crippen LogP contribution in [0, 0.1) is 10.1 Å². The van der Waals surface area contributed by atoms with E-state index in [-0.39, 0.29) is 48.4 Å². The van der Waals surface area contributed by atoms with Crippen LogP contribution >= 0.6 is 0 Å². The monoisotopic (exact) mass is 453 g/mol. The first-order chi connectivity index (χ1) is 15.8. The van der Waals surface area contributed by atoms with E-state index in [2.05, 4.69) is 4.98 Å². The minimum absolute atomic E-state index is 0.00360. The Hall–Kier alpha value is -3.67. The van der Waals surface area contributed by atoms with Crippen molar-refractivity contribution >= 4 is 22.6 Å². The van der Waals surface area contributed by atoms with Gasteiger partial charge < -0.3 is 19.7 Å². The first kappa shape index (κ1) is 21.2. The number of nitro groups is 1. The summed E-state index contributed by atoms with van der Waals surface area (Å²) in [6.07, 6.45) is -1.01. The van der Waals surface area contributed by atoms with Crippen molar-refractivity contribution in [2.45, 2.75) is 31.8 Å². The number of fused-ring (bicyclic) bond motifs is 5. The van der Waals surface area contributed by atoms with Crippen molar-refractivity contribution in [3.8, 4) is 11.4 Å². The smallest absolute Gasteiger partial charge is 0.343 e. The maximum Gasteiger partial charge on any atom is 0.343 e. The number of aromatic nitrogens is 2. The minimum atomic E-state index is -1.98. The molecule has 5 rings (SSSR count). The van der Waals surface area contributed by atoms with Gasteiger partial charge in [0.1, 0.15) is 6.61 Å². The van der Waals surface area contributed by atoms with Crippen molar-refractivity contribution in [1.29, 1.82) is 0 Å². The van der Waals surface area contributed by atoms with E-state index in [1.807, 2.05) is 0 Å². The number of benzene rings is 1. The van der Waals surface area contributed by atoms with Crippen LogP contribution in [0.1, 0.15) is 36.3 Å². The Bertz CT molecular complexity index is 1400. The molecular formula is C22H19N3O8. The van der Waals surface area contributed by atoms with E-state index in [9.17, 15) is 29.9 Å². The minimum Gasteiger partial charge on any atom is -0.458 e. The highest BCUT2D eigenvalue weighted by molar-refractivity contribution is 5.91. The molecule has 3 aromatic rings. The van der Waals surface area contributed by atoms with E-state index in [0.717, 1.165) is 0 Å². The fraction of sp³-hybridized carbons (Fsp3) is 0.318. The van der Waals surface area contributed by atoms with Crippen LogP contribution in [0.15, 0.2) is 35.1 Å². The standard InChI is InChI=1S/C22H19N3O8/c1-2-22(29)14-9-17-18-12(8-11-15(23-18)4-3-5-16(11)25(30)31)20(32-7-6-26)24(17)19(27)13(14)10-33-21(22)28/h3-5,8-9,20,26,29H,2,6-7,10H2,1H3/t20?,22-/m0/s1. The zero-order chi connectivity index (χ0) is 23.5. The Morgan fingerprint density at radius 3 is 2.85 bits per heavy atom. The number of rotatable bonds is 5. The van der Waals surface area contributed by atoms with Crippen LogP contribution in [0.25, 0.3) is 22.3 Å². The topological polar surface area (TPSA) is 154 Å². The Morgan fingerprint density at radius 1 is 1.36 bits per heavy atom. The number of cyclic esters (lactones) is 1. The van der Waals surface area contributed by atoms with E-state index >= 15 is 0 Å². The molecule has 170 valence electrons. The van der Waals surface area contributed by atoms with Crippen molar-refractivity contribution in [2.24, 2.45) is 0 Å². The van der Waals surface area contributed by atoms with Crippen LogP contribution in [0.5, 0.6) is 0 Å². The number of aliphatic hydroxyl groups excluding tert-OH is 1. The first-order valence-electron chi connectivity index (χ1n) is 10.3. The summed E-state index contributed by atoms with van der Waals surface area (Å²) in [5, 5.41) is 32.1. The number of esters is 1. The molecule has 0 aliphatic carbocycles. The van der Waals surface area contributed by atoms with Gasteiger partial charge in [0, 0.05) is 17.2 Å². The summed E-state index contributed by atoms with van der Waals surface area (Å²) in [5.41, 5.74) is -1.04. The van der Waals surface area contributed by atoms with Crippen LogP contribution in [0.2, 0.25) is 0 Å². The van der Waals surface area contributed by atoms with Crippen molar-refractivity contribution < 1.29 is 29.4 Å². The van der Waals surface area contributed by atoms with Crippen LogP contribution in [-0.2, 0) is 26.5 Å². The Labute approximate surface area is 186 Å². The molecule has 11 heteroatoms. The zero-order valence-corrected chi connectivity index (χ0v) is 17.5. The summed E-state index contributed by atoms with van der Waals surface area (Å²) in [6.45, 7) is 0.887. The number of nitrogens with zero attached hydrogens (tertiary/aromatic N) is 3. The number of non-ortho nitro benzene ring substituents is 1. The van der Waals surface area contributed by atoms with Crippen molar-refractivity contribution in [3.63, 3.8) is 0 Å². The third-order valence-electron chi connectivity index (χ3n) is 6.16. The molecule has 2 aliphatic heterocycles. The number of carbonyl (C=O) groups excluding carboxylic acids is 1. The molecule has 2 atom stereocenters. The van der Waals surface area contributed by atoms with Crippen LogP contribution in [0.3, 0.4) is 0 Å². The van der Waals surface area contributed by atoms with Gasteiger partial charge in [-0.3, -0.25) is 19.5 Å². The Kier molecular flexibility index (Phi) is 4.78. The molecule has 0 spiro atoms. The number of hydrogen-bond donors (Lipinski definition) is 2. The number of ether oxygens (including phenoxy) is 2. The average Bonchev–Trinajstić information content (AvgIpc) is 3.11. The number of carbonyl (C=O) groups is 1. The highest BCUT2D eigenvalue weighted by Gasteiger charge is 2.46. The van der Waals surface area contributed by atoms with Gasteiger partial charge in [0.2, 0.25) is 0 Å². The van der Waals surface area contributed by atoms with Gasteiger partial charge >= 0.3 is 5.97 Å². The quantitative estimate of drug-likeness (QED) is 0.332. The summed E-state index contributed by atoms with van der Waals surface area (Å²) in [5.74, 6) is -0.838. The van der Waals surface area contributed by atoms with E-state index in [1.165, 1.54) is 22.8 Å². The predicted molar refractivity (Wildman–Crippen MR) is 113 cm³/mol. The molecule has 2 N–H and O–H groups in total. The molecule has 0 amide bonds. The van der Waals surface area contributed by atoms with E-state index < -0.39 is 28.3 Å². The molecule has 0 saturated heterocycles. The SMILES string of the molecule is CC[C@@]1(O)C(=O)OCc2c1cc1n(c2=O)C(OCCO)c2cc3c([N+](=O)[O-])cccc3nc2-1. The molecular weight excluding hydrogens is 434 g/mol. The molecule has 2 aliphatic rings. The van der Waals surface area contributed by atoms with Gasteiger partial charge in [-0.2, -0.15) is 0 Å². The maximum atomic E-state index is 13.5. The van der Waals surface area contributed by atoms with E-state index in [4.69, 9.17) is 9.47 Å². The molecule has 0 radical (unpaired) electrons. The first-order valence-corrected chi connectivity index (χ1v) is 10.3. The van der Waals surface area contributed by atoms with Crippen LogP contribution in [0.4, 0.5) is 5.69 Å². The van der Waals surface area contributed by atoms with Crippen LogP contribution < -0.4 is 5.56 Å². The Morgan fingerprint density at radius 2 is 2.15 bits per heavy atom. The second-order valence-electron chi connectivity index (χ2n) is 7.86. The number of hydrogen-bond acceptors (Lipinski definition) is 9. The lowest BCUT2D eigenvalue weighted by molar-refractivity contribution is -0.383. The van der Waals surface area contributed by atoms with Gasteiger partial charge in [-0.1, -0.05) is 13.0 Å². The molecule has 0 saturated carbocycles. The van der Waals surface area contributed by atoms with Gasteiger partial charge in [-0.15, -0.1) is 0 Å². The van der Waals surface area contributed by atoms with Gasteiger partial charge in [0.15, 0.2) is 11.8 Å². The number of nitro benzene ring substituents is 1. The summed E-state index contributed by atoms with van der Waals surface area (Å²) in [4.78, 5) is 41.4. The lowest BCUT2D eigenvalue weighted by Crippen LogP contribution is -2.44. The number of aliphatic hydroxyl groups is 2. The molecule has 1 unspecified atom stereocenters. The highest BCUT2D eigenvalue weighted by Crippen LogP contribution is 2.43. The Balaban J connectivity index is 1.83. The fourth-order valence-corrected chi connectivity index (χ4v) is 4.50. The van der Waals surface area contributed by atoms with Gasteiger partial charge in [0.25, 0.3) is 11.2 Å². The summed E-state index contributed by atoms with van der Waals surface area (Å²) in [6, 6.07) is 7.57. The predicted octanol–water partition coefficient (Wildman–Crippen LogP) is 1.50. The van der Waals surface area contributed by atoms with E-state index in [1.54, 1.807) is 19.1 Å². The van der Waals surface area contributed by atoms with Crippen LogP contribution in [-0.4, -0.2) is 43.9 Å². The third-order valence-corrected chi connectivity index (χ3v) is 6.16. The van der Waals surface area contributed by atoms with Gasteiger partial charge in [0.05, 0.1) is 46.0 Å².